The first-order valence-corrected chi connectivity index (χ1v) is 13.2. The fraction of sp³-hybridized carbons (Fsp3) is 0.417. The maximum Gasteiger partial charge on any atom is 0.242 e. The fourth-order valence-electron chi connectivity index (χ4n) is 2.98. The Morgan fingerprint density at radius 3 is 2.36 bits per heavy atom. The Bertz CT molecular complexity index is 1140. The van der Waals surface area contributed by atoms with Crippen LogP contribution in [0.15, 0.2) is 53.8 Å². The molecule has 11 nitrogen and oxygen atoms in total. The quantitative estimate of drug-likeness (QED) is 0.175. The number of benzene rings is 1. The minimum atomic E-state index is -3.76. The van der Waals surface area contributed by atoms with Crippen molar-refractivity contribution in [1.82, 2.24) is 20.3 Å². The second-order valence-electron chi connectivity index (χ2n) is 8.44. The molecular formula is C24H34N6O5S. The van der Waals surface area contributed by atoms with Crippen LogP contribution in [0.2, 0.25) is 0 Å². The summed E-state index contributed by atoms with van der Waals surface area (Å²) in [4.78, 5) is 34.4. The van der Waals surface area contributed by atoms with Gasteiger partial charge in [0.15, 0.2) is 5.84 Å². The molecule has 36 heavy (non-hydrogen) atoms. The average Bonchev–Trinajstić information content (AvgIpc) is 2.84. The molecule has 196 valence electrons. The molecule has 2 atom stereocenters. The van der Waals surface area contributed by atoms with Crippen LogP contribution < -0.4 is 21.1 Å². The Morgan fingerprint density at radius 1 is 1.08 bits per heavy atom. The van der Waals surface area contributed by atoms with Crippen molar-refractivity contribution in [1.29, 1.82) is 0 Å². The highest BCUT2D eigenvalue weighted by Gasteiger charge is 2.25. The van der Waals surface area contributed by atoms with E-state index in [1.165, 1.54) is 13.1 Å². The van der Waals surface area contributed by atoms with E-state index in [2.05, 4.69) is 25.5 Å². The zero-order valence-corrected chi connectivity index (χ0v) is 21.7. The van der Waals surface area contributed by atoms with Gasteiger partial charge in [0.05, 0.1) is 18.0 Å². The van der Waals surface area contributed by atoms with E-state index in [0.29, 0.717) is 16.8 Å². The summed E-state index contributed by atoms with van der Waals surface area (Å²) in [6.45, 7) is 6.98. The monoisotopic (exact) mass is 518 g/mol. The second-order valence-corrected chi connectivity index (χ2v) is 10.2. The van der Waals surface area contributed by atoms with Gasteiger partial charge in [-0.2, -0.15) is 0 Å². The smallest absolute Gasteiger partial charge is 0.242 e. The van der Waals surface area contributed by atoms with Gasteiger partial charge < -0.3 is 21.2 Å². The second kappa shape index (κ2) is 13.5. The lowest BCUT2D eigenvalue weighted by Gasteiger charge is -2.20. The predicted octanol–water partition coefficient (Wildman–Crippen LogP) is 1.15. The number of carbonyl (C=O) groups is 2. The van der Waals surface area contributed by atoms with E-state index in [4.69, 9.17) is 10.6 Å². The third-order valence-electron chi connectivity index (χ3n) is 4.92. The van der Waals surface area contributed by atoms with Crippen molar-refractivity contribution in [3.8, 4) is 0 Å². The predicted molar refractivity (Wildman–Crippen MR) is 137 cm³/mol. The van der Waals surface area contributed by atoms with Gasteiger partial charge >= 0.3 is 0 Å². The Hall–Kier alpha value is -3.51. The van der Waals surface area contributed by atoms with Crippen molar-refractivity contribution in [2.24, 2.45) is 10.9 Å². The van der Waals surface area contributed by atoms with Crippen molar-refractivity contribution in [3.63, 3.8) is 0 Å². The van der Waals surface area contributed by atoms with Crippen molar-refractivity contribution in [2.75, 3.05) is 0 Å². The van der Waals surface area contributed by atoms with E-state index in [1.807, 2.05) is 13.8 Å². The van der Waals surface area contributed by atoms with Gasteiger partial charge in [-0.3, -0.25) is 14.6 Å². The van der Waals surface area contributed by atoms with E-state index in [9.17, 15) is 18.0 Å². The highest BCUT2D eigenvalue weighted by molar-refractivity contribution is 7.88. The molecule has 0 aliphatic rings. The van der Waals surface area contributed by atoms with Crippen LogP contribution >= 0.6 is 0 Å². The summed E-state index contributed by atoms with van der Waals surface area (Å²) >= 11 is 0. The van der Waals surface area contributed by atoms with Crippen LogP contribution in [0.1, 0.15) is 50.9 Å². The van der Waals surface area contributed by atoms with Crippen LogP contribution in [0.3, 0.4) is 0 Å². The first-order chi connectivity index (χ1) is 17.0. The molecule has 1 aromatic carbocycles. The number of carbonyl (C=O) groups excluding carboxylic acids is 2. The summed E-state index contributed by atoms with van der Waals surface area (Å²) < 4.78 is 27.4. The lowest BCUT2D eigenvalue weighted by Crippen LogP contribution is -2.52. The summed E-state index contributed by atoms with van der Waals surface area (Å²) in [5.41, 5.74) is 7.60. The van der Waals surface area contributed by atoms with E-state index in [1.54, 1.807) is 49.4 Å². The minimum absolute atomic E-state index is 0.101. The Balaban J connectivity index is 1.87. The summed E-state index contributed by atoms with van der Waals surface area (Å²) in [6, 6.07) is 10.2. The maximum atomic E-state index is 12.6. The number of hydrogen-bond donors (Lipinski definition) is 4. The first kappa shape index (κ1) is 28.7. The molecule has 2 unspecified atom stereocenters. The largest absolute Gasteiger partial charge is 0.391 e. The van der Waals surface area contributed by atoms with Gasteiger partial charge in [0.25, 0.3) is 0 Å². The Kier molecular flexibility index (Phi) is 10.8. The minimum Gasteiger partial charge on any atom is -0.391 e. The zero-order valence-electron chi connectivity index (χ0n) is 20.9. The maximum absolute atomic E-state index is 12.6. The fourth-order valence-corrected chi connectivity index (χ4v) is 4.40. The number of rotatable bonds is 13. The molecule has 0 fully saturated rings. The van der Waals surface area contributed by atoms with E-state index < -0.39 is 33.9 Å². The number of oxime groups is 1. The van der Waals surface area contributed by atoms with Crippen molar-refractivity contribution in [2.45, 2.75) is 64.6 Å². The number of sulfonamides is 1. The summed E-state index contributed by atoms with van der Waals surface area (Å²) in [5, 5.41) is 9.06. The summed E-state index contributed by atoms with van der Waals surface area (Å²) in [7, 11) is -3.76. The molecule has 0 saturated carbocycles. The van der Waals surface area contributed by atoms with Gasteiger partial charge in [-0.25, -0.2) is 13.1 Å². The highest BCUT2D eigenvalue weighted by atomic mass is 32.2. The van der Waals surface area contributed by atoms with Crippen LogP contribution in [-0.4, -0.2) is 49.2 Å². The normalized spacial score (nSPS) is 13.6. The molecule has 0 radical (unpaired) electrons. The van der Waals surface area contributed by atoms with E-state index >= 15 is 0 Å². The van der Waals surface area contributed by atoms with Crippen LogP contribution in [0, 0.1) is 0 Å². The number of hydrogen-bond acceptors (Lipinski definition) is 7. The molecule has 1 heterocycles. The van der Waals surface area contributed by atoms with E-state index in [0.717, 1.165) is 0 Å². The lowest BCUT2D eigenvalue weighted by molar-refractivity contribution is -0.129. The first-order valence-electron chi connectivity index (χ1n) is 11.6. The highest BCUT2D eigenvalue weighted by Crippen LogP contribution is 2.06. The van der Waals surface area contributed by atoms with Gasteiger partial charge in [-0.1, -0.05) is 42.4 Å². The SMILES string of the molecule is CCC(NS(=O)(=O)Cc1ccccc1)C(=O)NC(C)C(=O)NCc1ccc(/C(N)=N/OC(C)C)cn1. The molecule has 0 spiro atoms. The molecule has 1 aromatic heterocycles. The zero-order chi connectivity index (χ0) is 26.7. The molecule has 2 aromatic rings. The van der Waals surface area contributed by atoms with Crippen molar-refractivity contribution < 1.29 is 22.8 Å². The van der Waals surface area contributed by atoms with Gasteiger partial charge in [0, 0.05) is 11.8 Å². The van der Waals surface area contributed by atoms with Crippen LogP contribution in [0.4, 0.5) is 0 Å². The van der Waals surface area contributed by atoms with Crippen LogP contribution in [0.25, 0.3) is 0 Å². The molecular weight excluding hydrogens is 484 g/mol. The van der Waals surface area contributed by atoms with Crippen LogP contribution in [0.5, 0.6) is 0 Å². The number of amidine groups is 1. The van der Waals surface area contributed by atoms with Gasteiger partial charge in [0.1, 0.15) is 18.2 Å². The topological polar surface area (TPSA) is 165 Å². The summed E-state index contributed by atoms with van der Waals surface area (Å²) in [6.07, 6.45) is 1.64. The number of nitrogens with zero attached hydrogens (tertiary/aromatic N) is 2. The van der Waals surface area contributed by atoms with Crippen LogP contribution in [-0.2, 0) is 36.7 Å². The Labute approximate surface area is 211 Å². The molecule has 0 bridgehead atoms. The molecule has 12 heteroatoms. The van der Waals surface area contributed by atoms with Gasteiger partial charge in [-0.05, 0) is 44.9 Å². The van der Waals surface area contributed by atoms with Gasteiger partial charge in [0.2, 0.25) is 21.8 Å². The molecule has 2 amide bonds. The molecule has 5 N–H and O–H groups in total. The number of nitrogens with two attached hydrogens (primary N) is 1. The van der Waals surface area contributed by atoms with Crippen molar-refractivity contribution >= 4 is 27.7 Å². The summed E-state index contributed by atoms with van der Waals surface area (Å²) in [5.74, 6) is -1.09. The lowest BCUT2D eigenvalue weighted by atomic mass is 10.2. The number of aromatic nitrogens is 1. The molecule has 0 aliphatic carbocycles. The number of nitrogens with one attached hydrogen (secondary N) is 3. The third kappa shape index (κ3) is 9.62. The third-order valence-corrected chi connectivity index (χ3v) is 6.28. The molecule has 2 rings (SSSR count). The average molecular weight is 519 g/mol. The van der Waals surface area contributed by atoms with Gasteiger partial charge in [-0.15, -0.1) is 0 Å². The Morgan fingerprint density at radius 2 is 1.78 bits per heavy atom. The van der Waals surface area contributed by atoms with Crippen molar-refractivity contribution in [3.05, 3.63) is 65.5 Å². The number of pyridine rings is 1. The van der Waals surface area contributed by atoms with E-state index in [-0.39, 0.29) is 30.7 Å². The molecule has 0 aliphatic heterocycles. The standard InChI is InChI=1S/C24H34N6O5S/c1-5-21(30-36(33,34)15-18-9-7-6-8-10-18)24(32)28-17(4)23(31)27-14-20-12-11-19(13-26-20)22(25)29-35-16(2)3/h6-13,16-17,21,30H,5,14-15H2,1-4H3,(H2,25,29)(H,27,31)(H,28,32). The number of amides is 2. The molecule has 0 saturated heterocycles.